The molecule has 0 spiro atoms. The van der Waals surface area contributed by atoms with Crippen molar-refractivity contribution in [3.63, 3.8) is 0 Å². The van der Waals surface area contributed by atoms with Crippen LogP contribution in [0.1, 0.15) is 18.1 Å². The van der Waals surface area contributed by atoms with Gasteiger partial charge in [-0.3, -0.25) is 0 Å². The second-order valence-electron chi connectivity index (χ2n) is 3.71. The van der Waals surface area contributed by atoms with Gasteiger partial charge in [0.2, 0.25) is 0 Å². The normalized spacial score (nSPS) is 10.9. The van der Waals surface area contributed by atoms with Gasteiger partial charge in [-0.2, -0.15) is 0 Å². The monoisotopic (exact) mass is 206 g/mol. The smallest absolute Gasteiger partial charge is 0.134 e. The molecule has 0 unspecified atom stereocenters. The summed E-state index contributed by atoms with van der Waals surface area (Å²) < 4.78 is 27.1. The summed E-state index contributed by atoms with van der Waals surface area (Å²) in [5, 5.41) is 1.13. The highest BCUT2D eigenvalue weighted by Gasteiger charge is 2.08. The molecule has 0 heterocycles. The van der Waals surface area contributed by atoms with E-state index in [9.17, 15) is 8.78 Å². The average Bonchev–Trinajstić information content (AvgIpc) is 2.24. The predicted molar refractivity (Wildman–Crippen MR) is 58.0 cm³/mol. The van der Waals surface area contributed by atoms with Crippen molar-refractivity contribution in [2.45, 2.75) is 20.3 Å². The summed E-state index contributed by atoms with van der Waals surface area (Å²) in [4.78, 5) is 0. The molecular weight excluding hydrogens is 194 g/mol. The van der Waals surface area contributed by atoms with E-state index < -0.39 is 0 Å². The first kappa shape index (κ1) is 10.1. The lowest BCUT2D eigenvalue weighted by atomic mass is 10.0. The molecule has 0 bridgehead atoms. The van der Waals surface area contributed by atoms with Crippen LogP contribution in [0.2, 0.25) is 0 Å². The number of fused-ring (bicyclic) bond motifs is 1. The first-order valence-corrected chi connectivity index (χ1v) is 5.00. The van der Waals surface area contributed by atoms with E-state index in [0.717, 1.165) is 5.39 Å². The van der Waals surface area contributed by atoms with Crippen LogP contribution in [0.4, 0.5) is 8.78 Å². The van der Waals surface area contributed by atoms with E-state index in [1.165, 1.54) is 6.07 Å². The van der Waals surface area contributed by atoms with Crippen molar-refractivity contribution in [1.29, 1.82) is 0 Å². The van der Waals surface area contributed by atoms with Crippen molar-refractivity contribution < 1.29 is 8.78 Å². The molecule has 0 nitrogen and oxygen atoms in total. The molecule has 0 fully saturated rings. The van der Waals surface area contributed by atoms with Gasteiger partial charge in [-0.15, -0.1) is 0 Å². The van der Waals surface area contributed by atoms with Crippen molar-refractivity contribution in [2.24, 2.45) is 0 Å². The number of hydrogen-bond donors (Lipinski definition) is 0. The Kier molecular flexibility index (Phi) is 2.43. The Morgan fingerprint density at radius 3 is 2.53 bits per heavy atom. The Bertz CT molecular complexity index is 515. The summed E-state index contributed by atoms with van der Waals surface area (Å²) in [7, 11) is 0. The maximum Gasteiger partial charge on any atom is 0.134 e. The van der Waals surface area contributed by atoms with Gasteiger partial charge in [0.15, 0.2) is 0 Å². The lowest BCUT2D eigenvalue weighted by Crippen LogP contribution is -1.91. The molecule has 78 valence electrons. The molecule has 0 amide bonds. The molecule has 0 aliphatic carbocycles. The fourth-order valence-corrected chi connectivity index (χ4v) is 1.74. The van der Waals surface area contributed by atoms with E-state index in [-0.39, 0.29) is 11.6 Å². The van der Waals surface area contributed by atoms with Crippen LogP contribution in [0.3, 0.4) is 0 Å². The maximum absolute atomic E-state index is 13.6. The Hall–Kier alpha value is -1.44. The quantitative estimate of drug-likeness (QED) is 0.661. The first-order chi connectivity index (χ1) is 7.13. The third kappa shape index (κ3) is 1.60. The van der Waals surface area contributed by atoms with Crippen LogP contribution in [0, 0.1) is 18.6 Å². The highest BCUT2D eigenvalue weighted by Crippen LogP contribution is 2.24. The van der Waals surface area contributed by atoms with Crippen LogP contribution in [0.5, 0.6) is 0 Å². The zero-order valence-electron chi connectivity index (χ0n) is 8.77. The molecule has 2 heteroatoms. The number of halogens is 2. The van der Waals surface area contributed by atoms with Gasteiger partial charge >= 0.3 is 0 Å². The lowest BCUT2D eigenvalue weighted by Gasteiger charge is -2.06. The van der Waals surface area contributed by atoms with Crippen molar-refractivity contribution in [1.82, 2.24) is 0 Å². The maximum atomic E-state index is 13.6. The standard InChI is InChI=1S/C13H12F2/c1-3-9-6-10-5-4-8(2)13(15)11(10)7-12(9)14/h4-7H,3H2,1-2H3. The molecule has 0 saturated heterocycles. The van der Waals surface area contributed by atoms with E-state index in [1.807, 2.05) is 13.0 Å². The molecule has 2 aromatic rings. The van der Waals surface area contributed by atoms with Gasteiger partial charge < -0.3 is 0 Å². The summed E-state index contributed by atoms with van der Waals surface area (Å²) >= 11 is 0. The molecule has 15 heavy (non-hydrogen) atoms. The van der Waals surface area contributed by atoms with Crippen LogP contribution in [0.15, 0.2) is 24.3 Å². The Morgan fingerprint density at radius 2 is 1.87 bits per heavy atom. The molecule has 0 saturated carbocycles. The SMILES string of the molecule is CCc1cc2ccc(C)c(F)c2cc1F. The molecule has 2 aromatic carbocycles. The van der Waals surface area contributed by atoms with Gasteiger partial charge in [0.05, 0.1) is 0 Å². The van der Waals surface area contributed by atoms with Gasteiger partial charge in [-0.25, -0.2) is 8.78 Å². The summed E-state index contributed by atoms with van der Waals surface area (Å²) in [6.45, 7) is 3.56. The molecule has 0 aliphatic heterocycles. The molecule has 2 rings (SSSR count). The van der Waals surface area contributed by atoms with E-state index >= 15 is 0 Å². The fourth-order valence-electron chi connectivity index (χ4n) is 1.74. The minimum Gasteiger partial charge on any atom is -0.207 e. The number of benzene rings is 2. The van der Waals surface area contributed by atoms with Crippen molar-refractivity contribution in [3.8, 4) is 0 Å². The third-order valence-corrected chi connectivity index (χ3v) is 2.70. The van der Waals surface area contributed by atoms with Crippen LogP contribution < -0.4 is 0 Å². The van der Waals surface area contributed by atoms with Crippen LogP contribution in [0.25, 0.3) is 10.8 Å². The van der Waals surface area contributed by atoms with Crippen molar-refractivity contribution in [2.75, 3.05) is 0 Å². The largest absolute Gasteiger partial charge is 0.207 e. The minimum absolute atomic E-state index is 0.325. The highest BCUT2D eigenvalue weighted by molar-refractivity contribution is 5.84. The zero-order chi connectivity index (χ0) is 11.0. The first-order valence-electron chi connectivity index (χ1n) is 5.00. The topological polar surface area (TPSA) is 0 Å². The fraction of sp³-hybridized carbons (Fsp3) is 0.231. The number of hydrogen-bond acceptors (Lipinski definition) is 0. The Balaban J connectivity index is 2.81. The van der Waals surface area contributed by atoms with Gasteiger partial charge in [-0.05, 0) is 42.0 Å². The van der Waals surface area contributed by atoms with Crippen LogP contribution in [-0.2, 0) is 6.42 Å². The summed E-state index contributed by atoms with van der Waals surface area (Å²) in [6.07, 6.45) is 0.622. The number of rotatable bonds is 1. The molecule has 0 N–H and O–H groups in total. The van der Waals surface area contributed by atoms with E-state index in [0.29, 0.717) is 22.9 Å². The van der Waals surface area contributed by atoms with Gasteiger partial charge in [-0.1, -0.05) is 19.1 Å². The highest BCUT2D eigenvalue weighted by atomic mass is 19.1. The second-order valence-corrected chi connectivity index (χ2v) is 3.71. The summed E-state index contributed by atoms with van der Waals surface area (Å²) in [6, 6.07) is 6.55. The van der Waals surface area contributed by atoms with Crippen molar-refractivity contribution in [3.05, 3.63) is 47.0 Å². The van der Waals surface area contributed by atoms with Crippen molar-refractivity contribution >= 4 is 10.8 Å². The van der Waals surface area contributed by atoms with Gasteiger partial charge in [0, 0.05) is 5.39 Å². The minimum atomic E-state index is -0.325. The zero-order valence-corrected chi connectivity index (χ0v) is 8.77. The Morgan fingerprint density at radius 1 is 1.13 bits per heavy atom. The van der Waals surface area contributed by atoms with Crippen LogP contribution >= 0.6 is 0 Å². The number of aryl methyl sites for hydroxylation is 2. The van der Waals surface area contributed by atoms with Crippen LogP contribution in [-0.4, -0.2) is 0 Å². The molecule has 0 atom stereocenters. The van der Waals surface area contributed by atoms with Gasteiger partial charge in [0.1, 0.15) is 11.6 Å². The third-order valence-electron chi connectivity index (χ3n) is 2.70. The average molecular weight is 206 g/mol. The molecule has 0 aromatic heterocycles. The summed E-state index contributed by atoms with van der Waals surface area (Å²) in [5.41, 5.74) is 1.18. The Labute approximate surface area is 87.5 Å². The predicted octanol–water partition coefficient (Wildman–Crippen LogP) is 3.99. The molecular formula is C13H12F2. The van der Waals surface area contributed by atoms with E-state index in [2.05, 4.69) is 0 Å². The van der Waals surface area contributed by atoms with Gasteiger partial charge in [0.25, 0.3) is 0 Å². The molecule has 0 radical (unpaired) electrons. The second kappa shape index (κ2) is 3.61. The lowest BCUT2D eigenvalue weighted by molar-refractivity contribution is 0.607. The van der Waals surface area contributed by atoms with E-state index in [4.69, 9.17) is 0 Å². The molecule has 0 aliphatic rings. The summed E-state index contributed by atoms with van der Waals surface area (Å²) in [5.74, 6) is -0.649. The van der Waals surface area contributed by atoms with E-state index in [1.54, 1.807) is 19.1 Å².